The van der Waals surface area contributed by atoms with Crippen LogP contribution in [-0.4, -0.2) is 12.3 Å². The average Bonchev–Trinajstić information content (AvgIpc) is 2.36. The molecule has 1 aromatic rings. The Bertz CT molecular complexity index is 374. The van der Waals surface area contributed by atoms with Crippen LogP contribution in [0.25, 0.3) is 0 Å². The third kappa shape index (κ3) is 7.17. The molecule has 1 rings (SSSR count). The predicted octanol–water partition coefficient (Wildman–Crippen LogP) is 4.80. The van der Waals surface area contributed by atoms with E-state index >= 15 is 0 Å². The third-order valence-corrected chi connectivity index (χ3v) is 2.93. The fourth-order valence-corrected chi connectivity index (χ4v) is 2.13. The summed E-state index contributed by atoms with van der Waals surface area (Å²) in [6.07, 6.45) is 1.12. The van der Waals surface area contributed by atoms with Crippen molar-refractivity contribution in [2.24, 2.45) is 11.8 Å². The minimum atomic E-state index is -0.569. The maximum atomic E-state index is 11.7. The Morgan fingerprint density at radius 3 is 2.05 bits per heavy atom. The highest BCUT2D eigenvalue weighted by Gasteiger charge is 2.18. The van der Waals surface area contributed by atoms with Crippen LogP contribution in [0.3, 0.4) is 0 Å². The van der Waals surface area contributed by atoms with E-state index in [1.165, 1.54) is 0 Å². The van der Waals surface area contributed by atoms with E-state index in [4.69, 9.17) is 9.47 Å². The van der Waals surface area contributed by atoms with E-state index in [9.17, 15) is 4.79 Å². The first kappa shape index (κ1) is 16.5. The molecule has 20 heavy (non-hydrogen) atoms. The van der Waals surface area contributed by atoms with Crippen molar-refractivity contribution in [3.8, 4) is 0 Å². The van der Waals surface area contributed by atoms with Gasteiger partial charge in [-0.1, -0.05) is 58.0 Å². The molecule has 3 heteroatoms. The van der Waals surface area contributed by atoms with Crippen LogP contribution in [0.5, 0.6) is 0 Å². The minimum Gasteiger partial charge on any atom is -0.431 e. The molecule has 1 aromatic carbocycles. The van der Waals surface area contributed by atoms with Gasteiger partial charge in [0.15, 0.2) is 0 Å². The molecule has 0 amide bonds. The lowest BCUT2D eigenvalue weighted by molar-refractivity contribution is 0.00600. The van der Waals surface area contributed by atoms with E-state index in [1.54, 1.807) is 0 Å². The van der Waals surface area contributed by atoms with E-state index in [0.717, 1.165) is 18.4 Å². The smallest absolute Gasteiger partial charge is 0.431 e. The number of hydrogen-bond acceptors (Lipinski definition) is 3. The molecule has 0 spiro atoms. The van der Waals surface area contributed by atoms with Crippen molar-refractivity contribution in [3.63, 3.8) is 0 Å². The van der Waals surface area contributed by atoms with Crippen LogP contribution in [0.15, 0.2) is 30.3 Å². The maximum Gasteiger partial charge on any atom is 0.508 e. The molecule has 3 nitrogen and oxygen atoms in total. The lowest BCUT2D eigenvalue weighted by Crippen LogP contribution is -2.22. The molecule has 112 valence electrons. The number of ether oxygens (including phenoxy) is 2. The summed E-state index contributed by atoms with van der Waals surface area (Å²) in [5.41, 5.74) is 0.966. The average molecular weight is 278 g/mol. The van der Waals surface area contributed by atoms with Gasteiger partial charge in [-0.25, -0.2) is 4.79 Å². The Balaban J connectivity index is 2.40. The SMILES string of the molecule is CC(C)CC(CC(C)C)OC(=O)OCc1ccccc1. The first-order valence-corrected chi connectivity index (χ1v) is 7.34. The first-order valence-electron chi connectivity index (χ1n) is 7.34. The molecule has 0 aliphatic carbocycles. The predicted molar refractivity (Wildman–Crippen MR) is 80.4 cm³/mol. The van der Waals surface area contributed by atoms with Crippen LogP contribution in [0, 0.1) is 11.8 Å². The van der Waals surface area contributed by atoms with Crippen LogP contribution in [0.1, 0.15) is 46.1 Å². The summed E-state index contributed by atoms with van der Waals surface area (Å²) in [5.74, 6) is 1.00. The van der Waals surface area contributed by atoms with Gasteiger partial charge in [0.25, 0.3) is 0 Å². The lowest BCUT2D eigenvalue weighted by atomic mass is 9.98. The van der Waals surface area contributed by atoms with Crippen molar-refractivity contribution < 1.29 is 14.3 Å². The Morgan fingerprint density at radius 2 is 1.55 bits per heavy atom. The Morgan fingerprint density at radius 1 is 1.00 bits per heavy atom. The van der Waals surface area contributed by atoms with Gasteiger partial charge in [-0.3, -0.25) is 0 Å². The topological polar surface area (TPSA) is 35.5 Å². The number of benzene rings is 1. The number of hydrogen-bond donors (Lipinski definition) is 0. The monoisotopic (exact) mass is 278 g/mol. The molecule has 0 saturated carbocycles. The van der Waals surface area contributed by atoms with Gasteiger partial charge in [-0.2, -0.15) is 0 Å². The summed E-state index contributed by atoms with van der Waals surface area (Å²) in [4.78, 5) is 11.7. The third-order valence-electron chi connectivity index (χ3n) is 2.93. The molecular weight excluding hydrogens is 252 g/mol. The summed E-state index contributed by atoms with van der Waals surface area (Å²) >= 11 is 0. The molecule has 0 aromatic heterocycles. The second kappa shape index (κ2) is 8.62. The normalized spacial score (nSPS) is 11.2. The lowest BCUT2D eigenvalue weighted by Gasteiger charge is -2.21. The first-order chi connectivity index (χ1) is 9.47. The molecule has 0 bridgehead atoms. The van der Waals surface area contributed by atoms with Crippen molar-refractivity contribution >= 4 is 6.16 Å². The van der Waals surface area contributed by atoms with Crippen molar-refractivity contribution in [3.05, 3.63) is 35.9 Å². The fourth-order valence-electron chi connectivity index (χ4n) is 2.13. The van der Waals surface area contributed by atoms with Gasteiger partial charge in [0.1, 0.15) is 12.7 Å². The summed E-state index contributed by atoms with van der Waals surface area (Å²) in [6, 6.07) is 9.62. The number of carbonyl (C=O) groups is 1. The highest BCUT2D eigenvalue weighted by molar-refractivity contribution is 5.60. The highest BCUT2D eigenvalue weighted by atomic mass is 16.7. The Hall–Kier alpha value is -1.51. The van der Waals surface area contributed by atoms with E-state index < -0.39 is 6.16 Å². The fraction of sp³-hybridized carbons (Fsp3) is 0.588. The largest absolute Gasteiger partial charge is 0.508 e. The summed E-state index contributed by atoms with van der Waals surface area (Å²) in [5, 5.41) is 0. The molecule has 0 atom stereocenters. The van der Waals surface area contributed by atoms with Crippen molar-refractivity contribution in [1.29, 1.82) is 0 Å². The Labute approximate surface area is 122 Å². The summed E-state index contributed by atoms with van der Waals surface area (Å²) < 4.78 is 10.6. The van der Waals surface area contributed by atoms with Crippen LogP contribution in [0.2, 0.25) is 0 Å². The van der Waals surface area contributed by atoms with Crippen LogP contribution in [0.4, 0.5) is 4.79 Å². The van der Waals surface area contributed by atoms with Crippen LogP contribution in [-0.2, 0) is 16.1 Å². The molecule has 0 N–H and O–H groups in total. The van der Waals surface area contributed by atoms with Crippen molar-refractivity contribution in [1.82, 2.24) is 0 Å². The number of carbonyl (C=O) groups excluding carboxylic acids is 1. The van der Waals surface area contributed by atoms with Crippen molar-refractivity contribution in [2.75, 3.05) is 0 Å². The molecule has 0 saturated heterocycles. The van der Waals surface area contributed by atoms with E-state index in [-0.39, 0.29) is 12.7 Å². The van der Waals surface area contributed by atoms with Crippen molar-refractivity contribution in [2.45, 2.75) is 53.2 Å². The number of rotatable bonds is 7. The molecule has 0 fully saturated rings. The van der Waals surface area contributed by atoms with E-state index in [0.29, 0.717) is 11.8 Å². The summed E-state index contributed by atoms with van der Waals surface area (Å²) in [6.45, 7) is 8.78. The van der Waals surface area contributed by atoms with Gasteiger partial charge < -0.3 is 9.47 Å². The van der Waals surface area contributed by atoms with Gasteiger partial charge in [0, 0.05) is 0 Å². The van der Waals surface area contributed by atoms with Gasteiger partial charge in [-0.15, -0.1) is 0 Å². The van der Waals surface area contributed by atoms with E-state index in [1.807, 2.05) is 30.3 Å². The van der Waals surface area contributed by atoms with Crippen LogP contribution >= 0.6 is 0 Å². The van der Waals surface area contributed by atoms with Gasteiger partial charge in [0.2, 0.25) is 0 Å². The molecular formula is C17H26O3. The standard InChI is InChI=1S/C17H26O3/c1-13(2)10-16(11-14(3)4)20-17(18)19-12-15-8-6-5-7-9-15/h5-9,13-14,16H,10-12H2,1-4H3. The molecule has 0 heterocycles. The molecule has 0 radical (unpaired) electrons. The molecule has 0 aliphatic rings. The molecule has 0 unspecified atom stereocenters. The maximum absolute atomic E-state index is 11.7. The second-order valence-corrected chi connectivity index (χ2v) is 6.02. The zero-order valence-corrected chi connectivity index (χ0v) is 13.0. The highest BCUT2D eigenvalue weighted by Crippen LogP contribution is 2.17. The van der Waals surface area contributed by atoms with Gasteiger partial charge in [-0.05, 0) is 30.2 Å². The zero-order valence-electron chi connectivity index (χ0n) is 13.0. The van der Waals surface area contributed by atoms with Gasteiger partial charge >= 0.3 is 6.16 Å². The van der Waals surface area contributed by atoms with Gasteiger partial charge in [0.05, 0.1) is 0 Å². The quantitative estimate of drug-likeness (QED) is 0.672. The zero-order chi connectivity index (χ0) is 15.0. The minimum absolute atomic E-state index is 0.0572. The van der Waals surface area contributed by atoms with E-state index in [2.05, 4.69) is 27.7 Å². The molecule has 0 aliphatic heterocycles. The van der Waals surface area contributed by atoms with Crippen LogP contribution < -0.4 is 0 Å². The second-order valence-electron chi connectivity index (χ2n) is 6.02. The summed E-state index contributed by atoms with van der Waals surface area (Å²) in [7, 11) is 0. The Kier molecular flexibility index (Phi) is 7.13.